The Morgan fingerprint density at radius 1 is 0.487 bits per heavy atom. The fourth-order valence-corrected chi connectivity index (χ4v) is 5.95. The second-order valence-corrected chi connectivity index (χ2v) is 10.0. The van der Waals surface area contributed by atoms with Crippen molar-refractivity contribution < 1.29 is 0 Å². The third-order valence-corrected chi connectivity index (χ3v) is 7.82. The average molecular weight is 499 g/mol. The predicted octanol–water partition coefficient (Wildman–Crippen LogP) is 8.57. The van der Waals surface area contributed by atoms with Crippen molar-refractivity contribution in [2.75, 3.05) is 0 Å². The molecule has 0 atom stereocenters. The zero-order chi connectivity index (χ0) is 25.9. The highest BCUT2D eigenvalue weighted by Crippen LogP contribution is 2.39. The van der Waals surface area contributed by atoms with Crippen LogP contribution in [0.1, 0.15) is 0 Å². The van der Waals surface area contributed by atoms with Gasteiger partial charge in [-0.15, -0.1) is 0 Å². The fraction of sp³-hybridized carbons (Fsp3) is 0. The number of benzene rings is 6. The minimum absolute atomic E-state index is 0.262. The van der Waals surface area contributed by atoms with Crippen LogP contribution in [0.15, 0.2) is 138 Å². The highest BCUT2D eigenvalue weighted by Gasteiger charge is 2.15. The largest absolute Gasteiger partial charge is 0.353 e. The summed E-state index contributed by atoms with van der Waals surface area (Å²) in [4.78, 5) is 16.8. The Morgan fingerprint density at radius 2 is 1.10 bits per heavy atom. The van der Waals surface area contributed by atoms with Crippen molar-refractivity contribution in [2.45, 2.75) is 0 Å². The van der Waals surface area contributed by atoms with Gasteiger partial charge in [0.1, 0.15) is 0 Å². The first-order chi connectivity index (χ1) is 19.2. The van der Waals surface area contributed by atoms with E-state index in [2.05, 4.69) is 96.0 Å². The van der Waals surface area contributed by atoms with E-state index < -0.39 is 0 Å². The molecule has 1 aliphatic carbocycles. The van der Waals surface area contributed by atoms with E-state index in [1.807, 2.05) is 42.5 Å². The zero-order valence-electron chi connectivity index (χ0n) is 21.0. The monoisotopic (exact) mass is 498 g/mol. The van der Waals surface area contributed by atoms with Gasteiger partial charge in [0.2, 0.25) is 0 Å². The molecule has 0 spiro atoms. The first-order valence-corrected chi connectivity index (χ1v) is 13.1. The highest BCUT2D eigenvalue weighted by molar-refractivity contribution is 6.25. The summed E-state index contributed by atoms with van der Waals surface area (Å²) in [6.45, 7) is 0. The lowest BCUT2D eigenvalue weighted by Crippen LogP contribution is -2.14. The molecule has 0 amide bonds. The Hall–Kier alpha value is -5.28. The molecule has 0 saturated carbocycles. The lowest BCUT2D eigenvalue weighted by atomic mass is 9.89. The zero-order valence-corrected chi connectivity index (χ0v) is 21.0. The van der Waals surface area contributed by atoms with E-state index in [1.165, 1.54) is 43.4 Å². The highest BCUT2D eigenvalue weighted by atomic mass is 16.1. The number of imidazole rings is 1. The van der Waals surface area contributed by atoms with Crippen LogP contribution in [0, 0.1) is 0 Å². The van der Waals surface area contributed by atoms with Gasteiger partial charge >= 0.3 is 5.69 Å². The quantitative estimate of drug-likeness (QED) is 0.229. The number of fused-ring (bicyclic) bond motifs is 1. The summed E-state index contributed by atoms with van der Waals surface area (Å²) in [6.07, 6.45) is 0. The van der Waals surface area contributed by atoms with Crippen molar-refractivity contribution in [2.24, 2.45) is 0 Å². The van der Waals surface area contributed by atoms with Crippen LogP contribution in [0.2, 0.25) is 0 Å². The van der Waals surface area contributed by atoms with Gasteiger partial charge in [0.15, 0.2) is 0 Å². The van der Waals surface area contributed by atoms with E-state index in [0.29, 0.717) is 5.69 Å². The van der Waals surface area contributed by atoms with E-state index in [9.17, 15) is 4.79 Å². The van der Waals surface area contributed by atoms with Crippen molar-refractivity contribution in [1.82, 2.24) is 9.55 Å². The molecule has 0 unspecified atom stereocenters. The van der Waals surface area contributed by atoms with Crippen molar-refractivity contribution in [1.29, 1.82) is 0 Å². The average Bonchev–Trinajstić information content (AvgIpc) is 3.13. The van der Waals surface area contributed by atoms with Gasteiger partial charge in [-0.25, -0.2) is 4.79 Å². The van der Waals surface area contributed by atoms with Crippen LogP contribution in [-0.2, 0) is 0 Å². The minimum Gasteiger partial charge on any atom is -0.259 e. The van der Waals surface area contributed by atoms with Gasteiger partial charge in [-0.3, -0.25) is 4.57 Å². The Labute approximate surface area is 224 Å². The maximum Gasteiger partial charge on any atom is 0.353 e. The molecule has 0 saturated heterocycles. The van der Waals surface area contributed by atoms with Crippen LogP contribution in [-0.4, -0.2) is 9.55 Å². The third kappa shape index (κ3) is 3.37. The van der Waals surface area contributed by atoms with E-state index >= 15 is 0 Å². The molecule has 39 heavy (non-hydrogen) atoms. The number of hydrogen-bond acceptors (Lipinski definition) is 2. The summed E-state index contributed by atoms with van der Waals surface area (Å²) >= 11 is 0. The summed E-state index contributed by atoms with van der Waals surface area (Å²) < 4.78 is 1.66. The van der Waals surface area contributed by atoms with Gasteiger partial charge in [-0.1, -0.05) is 109 Å². The molecule has 0 bridgehead atoms. The van der Waals surface area contributed by atoms with Crippen molar-refractivity contribution >= 4 is 32.3 Å². The molecular weight excluding hydrogens is 476 g/mol. The topological polar surface area (TPSA) is 34.9 Å². The number of rotatable bonds is 3. The smallest absolute Gasteiger partial charge is 0.259 e. The van der Waals surface area contributed by atoms with Crippen LogP contribution >= 0.6 is 0 Å². The molecular formula is C36H22N2O. The molecule has 0 fully saturated rings. The van der Waals surface area contributed by atoms with E-state index in [1.54, 1.807) is 4.57 Å². The lowest BCUT2D eigenvalue weighted by Gasteiger charge is -2.14. The second kappa shape index (κ2) is 8.37. The number of nitrogens with zero attached hydrogens (tertiary/aromatic N) is 2. The molecule has 1 heterocycles. The number of hydrogen-bond donors (Lipinski definition) is 0. The van der Waals surface area contributed by atoms with Gasteiger partial charge in [0, 0.05) is 0 Å². The molecule has 6 aromatic rings. The molecule has 0 radical (unpaired) electrons. The Kier molecular flexibility index (Phi) is 4.67. The minimum atomic E-state index is -0.262. The normalized spacial score (nSPS) is 11.7. The van der Waals surface area contributed by atoms with Crippen LogP contribution in [0.5, 0.6) is 0 Å². The summed E-state index contributed by atoms with van der Waals surface area (Å²) in [5.74, 6) is 0. The summed E-state index contributed by atoms with van der Waals surface area (Å²) in [5, 5.41) is 7.79. The lowest BCUT2D eigenvalue weighted by molar-refractivity contribution is 1.00. The Morgan fingerprint density at radius 3 is 1.87 bits per heavy atom. The summed E-state index contributed by atoms with van der Waals surface area (Å²) in [5.41, 5.74) is 6.71. The van der Waals surface area contributed by atoms with Crippen molar-refractivity contribution in [3.05, 3.63) is 144 Å². The van der Waals surface area contributed by atoms with Crippen LogP contribution in [0.3, 0.4) is 0 Å². The van der Waals surface area contributed by atoms with Crippen molar-refractivity contribution in [3.8, 4) is 39.3 Å². The van der Waals surface area contributed by atoms with Gasteiger partial charge in [-0.2, -0.15) is 4.98 Å². The van der Waals surface area contributed by atoms with Gasteiger partial charge in [-0.05, 0) is 78.8 Å². The third-order valence-electron chi connectivity index (χ3n) is 7.82. The first kappa shape index (κ1) is 21.8. The molecule has 0 aromatic heterocycles. The Balaban J connectivity index is 1.17. The maximum absolute atomic E-state index is 12.6. The SMILES string of the molecule is O=c1nc2cccccc-2n1-c1ccc(-c2ccc(-c3ccc4ccc5cccc6ccc3c4c56)cc2)cc1. The molecule has 1 aliphatic heterocycles. The van der Waals surface area contributed by atoms with Crippen LogP contribution in [0.4, 0.5) is 0 Å². The first-order valence-electron chi connectivity index (χ1n) is 13.1. The van der Waals surface area contributed by atoms with Gasteiger partial charge in [0.05, 0.1) is 17.1 Å². The van der Waals surface area contributed by atoms with Crippen molar-refractivity contribution in [3.63, 3.8) is 0 Å². The van der Waals surface area contributed by atoms with Crippen LogP contribution in [0.25, 0.3) is 71.6 Å². The fourth-order valence-electron chi connectivity index (χ4n) is 5.95. The second-order valence-electron chi connectivity index (χ2n) is 10.0. The predicted molar refractivity (Wildman–Crippen MR) is 161 cm³/mol. The van der Waals surface area contributed by atoms with Gasteiger partial charge < -0.3 is 0 Å². The van der Waals surface area contributed by atoms with Crippen LogP contribution < -0.4 is 5.69 Å². The molecule has 182 valence electrons. The molecule has 8 rings (SSSR count). The standard InChI is InChI=1S/C36H22N2O/c39-36-37-32-7-2-1-3-8-33(32)38(36)29-19-15-24(16-20-29)23-9-11-25(12-10-23)30-21-17-28-14-13-26-5-4-6-27-18-22-31(30)35(28)34(26)27/h1-22H. The molecule has 3 nitrogen and oxygen atoms in total. The molecule has 6 aromatic carbocycles. The number of aromatic nitrogens is 2. The van der Waals surface area contributed by atoms with E-state index in [0.717, 1.165) is 22.5 Å². The Bertz CT molecular complexity index is 2160. The van der Waals surface area contributed by atoms with E-state index in [-0.39, 0.29) is 5.69 Å². The van der Waals surface area contributed by atoms with Gasteiger partial charge in [0.25, 0.3) is 0 Å². The molecule has 3 heteroatoms. The summed E-state index contributed by atoms with van der Waals surface area (Å²) in [7, 11) is 0. The summed E-state index contributed by atoms with van der Waals surface area (Å²) in [6, 6.07) is 46.3. The van der Waals surface area contributed by atoms with E-state index in [4.69, 9.17) is 0 Å². The molecule has 0 N–H and O–H groups in total. The molecule has 2 aliphatic rings. The maximum atomic E-state index is 12.6.